The molecule has 7 heteroatoms. The minimum atomic E-state index is -4.41. The summed E-state index contributed by atoms with van der Waals surface area (Å²) in [5, 5.41) is 3.25. The molecule has 0 bridgehead atoms. The van der Waals surface area contributed by atoms with Crippen molar-refractivity contribution in [2.45, 2.75) is 18.9 Å². The highest BCUT2D eigenvalue weighted by Crippen LogP contribution is 2.36. The summed E-state index contributed by atoms with van der Waals surface area (Å²) in [5.41, 5.74) is 0.971. The van der Waals surface area contributed by atoms with E-state index in [4.69, 9.17) is 4.42 Å². The zero-order chi connectivity index (χ0) is 19.0. The minimum absolute atomic E-state index is 0.193. The van der Waals surface area contributed by atoms with Crippen molar-refractivity contribution < 1.29 is 22.4 Å². The molecular formula is C20H15F3N2O2. The van der Waals surface area contributed by atoms with Gasteiger partial charge in [-0.2, -0.15) is 13.2 Å². The minimum Gasteiger partial charge on any atom is -0.467 e. The first-order valence-corrected chi connectivity index (χ1v) is 8.29. The highest BCUT2D eigenvalue weighted by atomic mass is 19.4. The zero-order valence-electron chi connectivity index (χ0n) is 14.0. The van der Waals surface area contributed by atoms with Crippen molar-refractivity contribution in [3.8, 4) is 0 Å². The van der Waals surface area contributed by atoms with Gasteiger partial charge >= 0.3 is 6.18 Å². The Balaban J connectivity index is 1.72. The third kappa shape index (κ3) is 3.28. The van der Waals surface area contributed by atoms with E-state index in [-0.39, 0.29) is 12.5 Å². The Morgan fingerprint density at radius 1 is 1.00 bits per heavy atom. The second-order valence-corrected chi connectivity index (χ2v) is 6.22. The summed E-state index contributed by atoms with van der Waals surface area (Å²) in [5.74, 6) is 0.368. The first-order valence-electron chi connectivity index (χ1n) is 8.29. The van der Waals surface area contributed by atoms with Crippen LogP contribution in [0.3, 0.4) is 0 Å². The van der Waals surface area contributed by atoms with E-state index < -0.39 is 17.9 Å². The molecule has 0 radical (unpaired) electrons. The fraction of sp³-hybridized carbons (Fsp3) is 0.150. The van der Waals surface area contributed by atoms with E-state index in [0.29, 0.717) is 22.6 Å². The van der Waals surface area contributed by atoms with E-state index in [1.54, 1.807) is 41.3 Å². The number of rotatable bonds is 3. The van der Waals surface area contributed by atoms with Crippen molar-refractivity contribution >= 4 is 11.6 Å². The molecule has 0 saturated heterocycles. The number of hydrogen-bond acceptors (Lipinski definition) is 3. The van der Waals surface area contributed by atoms with Crippen LogP contribution >= 0.6 is 0 Å². The van der Waals surface area contributed by atoms with Gasteiger partial charge in [-0.15, -0.1) is 0 Å². The lowest BCUT2D eigenvalue weighted by atomic mass is 10.0. The topological polar surface area (TPSA) is 45.5 Å². The third-order valence-electron chi connectivity index (χ3n) is 4.48. The number of carbonyl (C=O) groups excluding carboxylic acids is 1. The Morgan fingerprint density at radius 3 is 2.41 bits per heavy atom. The zero-order valence-corrected chi connectivity index (χ0v) is 14.0. The lowest BCUT2D eigenvalue weighted by molar-refractivity contribution is -0.137. The molecule has 1 aliphatic heterocycles. The molecule has 3 aromatic rings. The maximum Gasteiger partial charge on any atom is 0.416 e. The van der Waals surface area contributed by atoms with Crippen molar-refractivity contribution in [2.75, 3.05) is 5.32 Å². The average molecular weight is 372 g/mol. The molecule has 4 rings (SSSR count). The molecule has 27 heavy (non-hydrogen) atoms. The molecule has 0 fully saturated rings. The first-order chi connectivity index (χ1) is 12.9. The Morgan fingerprint density at radius 2 is 1.74 bits per heavy atom. The van der Waals surface area contributed by atoms with Gasteiger partial charge in [0.25, 0.3) is 5.91 Å². The average Bonchev–Trinajstić information content (AvgIpc) is 3.16. The van der Waals surface area contributed by atoms with E-state index in [1.165, 1.54) is 18.4 Å². The molecule has 1 atom stereocenters. The lowest BCUT2D eigenvalue weighted by Gasteiger charge is -2.37. The van der Waals surface area contributed by atoms with E-state index in [0.717, 1.165) is 12.1 Å². The molecule has 1 aliphatic rings. The number of nitrogens with zero attached hydrogens (tertiary/aromatic N) is 1. The molecule has 2 aromatic carbocycles. The summed E-state index contributed by atoms with van der Waals surface area (Å²) in [6.45, 7) is 0.193. The Kier molecular flexibility index (Phi) is 4.14. The predicted molar refractivity (Wildman–Crippen MR) is 92.8 cm³/mol. The van der Waals surface area contributed by atoms with Gasteiger partial charge < -0.3 is 14.6 Å². The quantitative estimate of drug-likeness (QED) is 0.699. The van der Waals surface area contributed by atoms with Gasteiger partial charge in [0.2, 0.25) is 0 Å². The van der Waals surface area contributed by atoms with Crippen LogP contribution in [0.4, 0.5) is 18.9 Å². The van der Waals surface area contributed by atoms with E-state index >= 15 is 0 Å². The molecule has 0 aliphatic carbocycles. The van der Waals surface area contributed by atoms with Gasteiger partial charge in [0.1, 0.15) is 11.9 Å². The molecule has 0 spiro atoms. The normalized spacial score (nSPS) is 16.8. The van der Waals surface area contributed by atoms with Gasteiger partial charge in [-0.05, 0) is 42.0 Å². The summed E-state index contributed by atoms with van der Waals surface area (Å²) < 4.78 is 43.9. The highest BCUT2D eigenvalue weighted by Gasteiger charge is 2.34. The highest BCUT2D eigenvalue weighted by molar-refractivity contribution is 6.01. The Labute approximate surface area is 153 Å². The summed E-state index contributed by atoms with van der Waals surface area (Å²) in [7, 11) is 0. The van der Waals surface area contributed by atoms with Crippen LogP contribution in [0.2, 0.25) is 0 Å². The van der Waals surface area contributed by atoms with Crippen molar-refractivity contribution in [2.24, 2.45) is 0 Å². The SMILES string of the molecule is O=C1c2ccccc2N[C@H](c2ccc(C(F)(F)F)cc2)N1Cc1ccco1. The largest absolute Gasteiger partial charge is 0.467 e. The van der Waals surface area contributed by atoms with Crippen LogP contribution in [0.5, 0.6) is 0 Å². The molecule has 4 nitrogen and oxygen atoms in total. The standard InChI is InChI=1S/C20H15F3N2O2/c21-20(22,23)14-9-7-13(8-10-14)18-24-17-6-2-1-5-16(17)19(26)25(18)12-15-4-3-11-27-15/h1-11,18,24H,12H2/t18-/m0/s1. The fourth-order valence-electron chi connectivity index (χ4n) is 3.14. The van der Waals surface area contributed by atoms with Crippen molar-refractivity contribution in [1.29, 1.82) is 0 Å². The molecule has 1 N–H and O–H groups in total. The van der Waals surface area contributed by atoms with Crippen molar-refractivity contribution in [1.82, 2.24) is 4.90 Å². The number of amides is 1. The van der Waals surface area contributed by atoms with Crippen LogP contribution in [0.25, 0.3) is 0 Å². The predicted octanol–water partition coefficient (Wildman–Crippen LogP) is 5.07. The van der Waals surface area contributed by atoms with Crippen LogP contribution < -0.4 is 5.32 Å². The van der Waals surface area contributed by atoms with Crippen molar-refractivity contribution in [3.05, 3.63) is 89.4 Å². The van der Waals surface area contributed by atoms with E-state index in [9.17, 15) is 18.0 Å². The van der Waals surface area contributed by atoms with Crippen LogP contribution in [0, 0.1) is 0 Å². The van der Waals surface area contributed by atoms with E-state index in [1.807, 2.05) is 0 Å². The molecule has 0 unspecified atom stereocenters. The molecule has 1 aromatic heterocycles. The van der Waals surface area contributed by atoms with Crippen molar-refractivity contribution in [3.63, 3.8) is 0 Å². The third-order valence-corrected chi connectivity index (χ3v) is 4.48. The maximum absolute atomic E-state index is 13.0. The number of fused-ring (bicyclic) bond motifs is 1. The van der Waals surface area contributed by atoms with Gasteiger partial charge in [-0.3, -0.25) is 4.79 Å². The van der Waals surface area contributed by atoms with E-state index in [2.05, 4.69) is 5.32 Å². The Hall–Kier alpha value is -3.22. The van der Waals surface area contributed by atoms with Crippen LogP contribution in [0.1, 0.15) is 33.4 Å². The second-order valence-electron chi connectivity index (χ2n) is 6.22. The first kappa shape index (κ1) is 17.2. The second kappa shape index (κ2) is 6.50. The molecule has 2 heterocycles. The molecule has 138 valence electrons. The maximum atomic E-state index is 13.0. The fourth-order valence-corrected chi connectivity index (χ4v) is 3.14. The van der Waals surface area contributed by atoms with Gasteiger partial charge in [0, 0.05) is 5.69 Å². The molecule has 0 saturated carbocycles. The number of carbonyl (C=O) groups is 1. The van der Waals surface area contributed by atoms with Gasteiger partial charge in [-0.25, -0.2) is 0 Å². The number of alkyl halides is 3. The number of nitrogens with one attached hydrogen (secondary N) is 1. The number of benzene rings is 2. The van der Waals surface area contributed by atoms with Crippen LogP contribution in [-0.2, 0) is 12.7 Å². The van der Waals surface area contributed by atoms with Gasteiger partial charge in [0.05, 0.1) is 23.9 Å². The van der Waals surface area contributed by atoms with Gasteiger partial charge in [-0.1, -0.05) is 24.3 Å². The van der Waals surface area contributed by atoms with Crippen LogP contribution in [0.15, 0.2) is 71.3 Å². The Bertz CT molecular complexity index is 950. The number of furan rings is 1. The number of anilines is 1. The number of halogens is 3. The summed E-state index contributed by atoms with van der Waals surface area (Å²) in [6, 6.07) is 15.3. The monoisotopic (exact) mass is 372 g/mol. The molecular weight excluding hydrogens is 357 g/mol. The molecule has 1 amide bonds. The van der Waals surface area contributed by atoms with Gasteiger partial charge in [0.15, 0.2) is 0 Å². The van der Waals surface area contributed by atoms with Crippen LogP contribution in [-0.4, -0.2) is 10.8 Å². The smallest absolute Gasteiger partial charge is 0.416 e. The summed E-state index contributed by atoms with van der Waals surface area (Å²) in [4.78, 5) is 14.6. The lowest BCUT2D eigenvalue weighted by Crippen LogP contribution is -2.42. The number of para-hydroxylation sites is 1. The number of hydrogen-bond donors (Lipinski definition) is 1. The summed E-state index contributed by atoms with van der Waals surface area (Å²) in [6.07, 6.45) is -3.51. The summed E-state index contributed by atoms with van der Waals surface area (Å²) >= 11 is 0.